The summed E-state index contributed by atoms with van der Waals surface area (Å²) in [5.74, 6) is 1.35. The van der Waals surface area contributed by atoms with Gasteiger partial charge in [-0.05, 0) is 24.3 Å². The predicted molar refractivity (Wildman–Crippen MR) is 83.4 cm³/mol. The van der Waals surface area contributed by atoms with E-state index in [0.717, 1.165) is 11.6 Å². The first kappa shape index (κ1) is 13.6. The van der Waals surface area contributed by atoms with Crippen LogP contribution >= 0.6 is 0 Å². The molecule has 3 atom stereocenters. The molecule has 1 aromatic heterocycles. The normalized spacial score (nSPS) is 24.9. The van der Waals surface area contributed by atoms with Crippen molar-refractivity contribution in [1.29, 1.82) is 0 Å². The van der Waals surface area contributed by atoms with Gasteiger partial charge in [-0.1, -0.05) is 50.8 Å². The van der Waals surface area contributed by atoms with Crippen molar-refractivity contribution in [3.05, 3.63) is 30.0 Å². The van der Waals surface area contributed by atoms with Crippen molar-refractivity contribution in [2.45, 2.75) is 45.1 Å². The maximum atomic E-state index is 6.64. The van der Waals surface area contributed by atoms with Crippen LogP contribution < -0.4 is 5.73 Å². The molecule has 1 aromatic carbocycles. The van der Waals surface area contributed by atoms with Crippen LogP contribution in [0.1, 0.15) is 50.8 Å². The van der Waals surface area contributed by atoms with Crippen molar-refractivity contribution in [3.8, 4) is 0 Å². The van der Waals surface area contributed by atoms with Gasteiger partial charge in [0.15, 0.2) is 0 Å². The highest BCUT2D eigenvalue weighted by molar-refractivity contribution is 5.82. The van der Waals surface area contributed by atoms with Crippen LogP contribution in [0.3, 0.4) is 0 Å². The Balaban J connectivity index is 1.97. The highest BCUT2D eigenvalue weighted by Crippen LogP contribution is 2.40. The van der Waals surface area contributed by atoms with Crippen molar-refractivity contribution >= 4 is 10.9 Å². The molecule has 0 bridgehead atoms. The van der Waals surface area contributed by atoms with Crippen molar-refractivity contribution in [1.82, 2.24) is 9.78 Å². The third-order valence-electron chi connectivity index (χ3n) is 5.06. The third-order valence-corrected chi connectivity index (χ3v) is 5.06. The number of hydrogen-bond acceptors (Lipinski definition) is 2. The van der Waals surface area contributed by atoms with E-state index < -0.39 is 0 Å². The fourth-order valence-corrected chi connectivity index (χ4v) is 3.91. The molecule has 108 valence electrons. The summed E-state index contributed by atoms with van der Waals surface area (Å²) < 4.78 is 1.97. The van der Waals surface area contributed by atoms with Gasteiger partial charge in [-0.15, -0.1) is 0 Å². The van der Waals surface area contributed by atoms with Gasteiger partial charge in [0.25, 0.3) is 0 Å². The Hall–Kier alpha value is -1.35. The molecule has 3 nitrogen and oxygen atoms in total. The van der Waals surface area contributed by atoms with Crippen LogP contribution in [0.15, 0.2) is 24.3 Å². The van der Waals surface area contributed by atoms with Crippen LogP contribution in [-0.4, -0.2) is 9.78 Å². The first-order valence-electron chi connectivity index (χ1n) is 7.89. The molecule has 2 aromatic rings. The van der Waals surface area contributed by atoms with Crippen LogP contribution in [0.25, 0.3) is 10.9 Å². The smallest absolute Gasteiger partial charge is 0.0873 e. The molecule has 1 aliphatic carbocycles. The quantitative estimate of drug-likeness (QED) is 0.923. The van der Waals surface area contributed by atoms with Crippen LogP contribution in [0.2, 0.25) is 0 Å². The van der Waals surface area contributed by atoms with E-state index in [4.69, 9.17) is 10.8 Å². The van der Waals surface area contributed by atoms with Crippen molar-refractivity contribution in [2.75, 3.05) is 0 Å². The number of hydrogen-bond donors (Lipinski definition) is 1. The van der Waals surface area contributed by atoms with Crippen LogP contribution in [0.4, 0.5) is 0 Å². The Labute approximate surface area is 121 Å². The largest absolute Gasteiger partial charge is 0.322 e. The van der Waals surface area contributed by atoms with Gasteiger partial charge < -0.3 is 5.73 Å². The van der Waals surface area contributed by atoms with Gasteiger partial charge >= 0.3 is 0 Å². The molecule has 1 fully saturated rings. The van der Waals surface area contributed by atoms with E-state index in [1.54, 1.807) is 0 Å². The summed E-state index contributed by atoms with van der Waals surface area (Å²) in [7, 11) is 2.01. The van der Waals surface area contributed by atoms with Gasteiger partial charge in [-0.2, -0.15) is 5.10 Å². The lowest BCUT2D eigenvalue weighted by atomic mass is 9.73. The molecule has 3 rings (SSSR count). The Kier molecular flexibility index (Phi) is 3.79. The Morgan fingerprint density at radius 2 is 2.05 bits per heavy atom. The number of nitrogens with zero attached hydrogens (tertiary/aromatic N) is 2. The number of aryl methyl sites for hydroxylation is 1. The monoisotopic (exact) mass is 271 g/mol. The molecule has 3 heteroatoms. The molecule has 0 spiro atoms. The molecule has 1 saturated carbocycles. The molecule has 20 heavy (non-hydrogen) atoms. The Bertz CT molecular complexity index is 587. The summed E-state index contributed by atoms with van der Waals surface area (Å²) in [6, 6.07) is 8.50. The van der Waals surface area contributed by atoms with Crippen molar-refractivity contribution in [2.24, 2.45) is 24.6 Å². The molecule has 0 amide bonds. The van der Waals surface area contributed by atoms with E-state index in [-0.39, 0.29) is 6.04 Å². The second-order valence-electron chi connectivity index (χ2n) is 6.17. The fraction of sp³-hybridized carbons (Fsp3) is 0.588. The highest BCUT2D eigenvalue weighted by Gasteiger charge is 2.31. The van der Waals surface area contributed by atoms with Crippen LogP contribution in [0.5, 0.6) is 0 Å². The van der Waals surface area contributed by atoms with Gasteiger partial charge in [0.05, 0.1) is 17.3 Å². The van der Waals surface area contributed by atoms with Crippen molar-refractivity contribution < 1.29 is 0 Å². The van der Waals surface area contributed by atoms with Crippen LogP contribution in [-0.2, 0) is 7.05 Å². The Morgan fingerprint density at radius 1 is 1.30 bits per heavy atom. The summed E-state index contributed by atoms with van der Waals surface area (Å²) in [4.78, 5) is 0. The highest BCUT2D eigenvalue weighted by atomic mass is 15.3. The molecule has 1 heterocycles. The zero-order valence-corrected chi connectivity index (χ0v) is 12.5. The van der Waals surface area contributed by atoms with E-state index >= 15 is 0 Å². The maximum Gasteiger partial charge on any atom is 0.0873 e. The average molecular weight is 271 g/mol. The molecule has 2 N–H and O–H groups in total. The van der Waals surface area contributed by atoms with Crippen molar-refractivity contribution in [3.63, 3.8) is 0 Å². The number of nitrogens with two attached hydrogens (primary N) is 1. The van der Waals surface area contributed by atoms with Gasteiger partial charge in [-0.3, -0.25) is 4.68 Å². The minimum absolute atomic E-state index is 0.0753. The van der Waals surface area contributed by atoms with E-state index in [9.17, 15) is 0 Å². The number of rotatable bonds is 3. The van der Waals surface area contributed by atoms with E-state index in [1.807, 2.05) is 11.7 Å². The van der Waals surface area contributed by atoms with E-state index in [2.05, 4.69) is 31.2 Å². The first-order valence-corrected chi connectivity index (χ1v) is 7.89. The van der Waals surface area contributed by atoms with E-state index in [0.29, 0.717) is 5.92 Å². The second-order valence-corrected chi connectivity index (χ2v) is 6.17. The lowest BCUT2D eigenvalue weighted by Crippen LogP contribution is -2.30. The second kappa shape index (κ2) is 5.57. The lowest BCUT2D eigenvalue weighted by Gasteiger charge is -2.34. The molecular weight excluding hydrogens is 246 g/mol. The number of para-hydroxylation sites is 1. The molecule has 0 aliphatic heterocycles. The standard InChI is InChI=1S/C17H25N3/c1-3-12-8-4-5-9-13(12)16(18)17-14-10-6-7-11-15(14)20(2)19-17/h6-7,10-13,16H,3-5,8-9,18H2,1-2H3. The average Bonchev–Trinajstić information content (AvgIpc) is 2.84. The molecule has 0 saturated heterocycles. The van der Waals surface area contributed by atoms with Gasteiger partial charge in [0, 0.05) is 12.4 Å². The molecular formula is C17H25N3. The van der Waals surface area contributed by atoms with E-state index in [1.165, 1.54) is 43.0 Å². The summed E-state index contributed by atoms with van der Waals surface area (Å²) in [6.07, 6.45) is 6.51. The topological polar surface area (TPSA) is 43.8 Å². The summed E-state index contributed by atoms with van der Waals surface area (Å²) >= 11 is 0. The van der Waals surface area contributed by atoms with Gasteiger partial charge in [0.2, 0.25) is 0 Å². The number of benzene rings is 1. The summed E-state index contributed by atoms with van der Waals surface area (Å²) in [6.45, 7) is 2.30. The van der Waals surface area contributed by atoms with Crippen LogP contribution in [0, 0.1) is 11.8 Å². The zero-order chi connectivity index (χ0) is 14.1. The molecule has 3 unspecified atom stereocenters. The molecule has 1 aliphatic rings. The molecule has 0 radical (unpaired) electrons. The number of aromatic nitrogens is 2. The number of fused-ring (bicyclic) bond motifs is 1. The Morgan fingerprint density at radius 3 is 2.85 bits per heavy atom. The first-order chi connectivity index (χ1) is 9.72. The van der Waals surface area contributed by atoms with Gasteiger partial charge in [-0.25, -0.2) is 0 Å². The minimum Gasteiger partial charge on any atom is -0.322 e. The zero-order valence-electron chi connectivity index (χ0n) is 12.5. The lowest BCUT2D eigenvalue weighted by molar-refractivity contribution is 0.195. The maximum absolute atomic E-state index is 6.64. The predicted octanol–water partition coefficient (Wildman–Crippen LogP) is 3.79. The van der Waals surface area contributed by atoms with Gasteiger partial charge in [0.1, 0.15) is 0 Å². The fourth-order valence-electron chi connectivity index (χ4n) is 3.91. The summed E-state index contributed by atoms with van der Waals surface area (Å²) in [5, 5.41) is 5.95. The summed E-state index contributed by atoms with van der Waals surface area (Å²) in [5.41, 5.74) is 8.91. The SMILES string of the molecule is CCC1CCCCC1C(N)c1nn(C)c2ccccc12. The third kappa shape index (κ3) is 2.24. The minimum atomic E-state index is 0.0753.